The van der Waals surface area contributed by atoms with Crippen molar-refractivity contribution in [3.63, 3.8) is 0 Å². The Morgan fingerprint density at radius 2 is 2.29 bits per heavy atom. The molecule has 2 N–H and O–H groups in total. The van der Waals surface area contributed by atoms with Gasteiger partial charge in [0.15, 0.2) is 0 Å². The molecule has 0 amide bonds. The highest BCUT2D eigenvalue weighted by Crippen LogP contribution is 2.27. The van der Waals surface area contributed by atoms with Crippen molar-refractivity contribution in [1.29, 1.82) is 0 Å². The number of hydrogen-bond acceptors (Lipinski definition) is 4. The topological polar surface area (TPSA) is 75.6 Å². The first kappa shape index (κ1) is 12.3. The van der Waals surface area contributed by atoms with E-state index in [0.717, 1.165) is 17.7 Å². The van der Waals surface area contributed by atoms with Gasteiger partial charge in [0.05, 0.1) is 18.1 Å². The summed E-state index contributed by atoms with van der Waals surface area (Å²) in [6.45, 7) is 1.97. The first-order chi connectivity index (χ1) is 8.03. The van der Waals surface area contributed by atoms with Crippen molar-refractivity contribution in [2.24, 2.45) is 0 Å². The van der Waals surface area contributed by atoms with Crippen molar-refractivity contribution >= 4 is 10.0 Å². The van der Waals surface area contributed by atoms with E-state index < -0.39 is 16.1 Å². The highest BCUT2D eigenvalue weighted by atomic mass is 32.2. The van der Waals surface area contributed by atoms with Gasteiger partial charge in [-0.05, 0) is 30.7 Å². The van der Waals surface area contributed by atoms with Crippen LogP contribution in [0.2, 0.25) is 0 Å². The minimum absolute atomic E-state index is 0.210. The van der Waals surface area contributed by atoms with Crippen LogP contribution in [-0.2, 0) is 16.4 Å². The van der Waals surface area contributed by atoms with Crippen molar-refractivity contribution in [2.75, 3.05) is 13.2 Å². The fourth-order valence-electron chi connectivity index (χ4n) is 1.70. The molecule has 0 radical (unpaired) electrons. The summed E-state index contributed by atoms with van der Waals surface area (Å²) < 4.78 is 31.6. The van der Waals surface area contributed by atoms with Crippen molar-refractivity contribution in [1.82, 2.24) is 4.72 Å². The number of sulfonamides is 1. The normalized spacial score (nSPS) is 16.4. The zero-order valence-corrected chi connectivity index (χ0v) is 10.3. The minimum atomic E-state index is -3.56. The van der Waals surface area contributed by atoms with Gasteiger partial charge in [0.1, 0.15) is 5.75 Å². The molecule has 1 aliphatic heterocycles. The molecule has 0 aliphatic carbocycles. The Morgan fingerprint density at radius 1 is 1.53 bits per heavy atom. The highest BCUT2D eigenvalue weighted by molar-refractivity contribution is 7.89. The van der Waals surface area contributed by atoms with Crippen molar-refractivity contribution in [3.05, 3.63) is 23.8 Å². The fourth-order valence-corrected chi connectivity index (χ4v) is 2.99. The summed E-state index contributed by atoms with van der Waals surface area (Å²) in [6, 6.07) is 4.30. The lowest BCUT2D eigenvalue weighted by atomic mass is 10.2. The smallest absolute Gasteiger partial charge is 0.240 e. The van der Waals surface area contributed by atoms with Crippen LogP contribution in [0, 0.1) is 0 Å². The number of aliphatic hydroxyl groups excluding tert-OH is 1. The van der Waals surface area contributed by atoms with Gasteiger partial charge in [-0.2, -0.15) is 0 Å². The number of aliphatic hydroxyl groups is 1. The van der Waals surface area contributed by atoms with E-state index in [4.69, 9.17) is 9.84 Å². The van der Waals surface area contributed by atoms with Gasteiger partial charge < -0.3 is 9.84 Å². The van der Waals surface area contributed by atoms with Gasteiger partial charge in [0.25, 0.3) is 0 Å². The van der Waals surface area contributed by atoms with E-state index in [1.807, 2.05) is 0 Å². The Hall–Kier alpha value is -1.11. The predicted octanol–water partition coefficient (Wildman–Crippen LogP) is 0.281. The lowest BCUT2D eigenvalue weighted by molar-refractivity contribution is 0.265. The van der Waals surface area contributed by atoms with Gasteiger partial charge >= 0.3 is 0 Å². The van der Waals surface area contributed by atoms with E-state index in [1.54, 1.807) is 19.1 Å². The summed E-state index contributed by atoms with van der Waals surface area (Å²) in [6.07, 6.45) is 0.730. The number of ether oxygens (including phenoxy) is 1. The van der Waals surface area contributed by atoms with E-state index in [-0.39, 0.29) is 11.5 Å². The molecule has 0 fully saturated rings. The SMILES string of the molecule is CC(CO)NS(=O)(=O)c1ccc2c(c1)CCO2. The van der Waals surface area contributed by atoms with Crippen LogP contribution in [0.3, 0.4) is 0 Å². The van der Waals surface area contributed by atoms with Gasteiger partial charge in [-0.15, -0.1) is 0 Å². The summed E-state index contributed by atoms with van der Waals surface area (Å²) in [5, 5.41) is 8.85. The van der Waals surface area contributed by atoms with E-state index in [1.165, 1.54) is 6.07 Å². The third kappa shape index (κ3) is 2.59. The zero-order valence-electron chi connectivity index (χ0n) is 9.51. The second-order valence-corrected chi connectivity index (χ2v) is 5.79. The van der Waals surface area contributed by atoms with Gasteiger partial charge in [0, 0.05) is 12.5 Å². The van der Waals surface area contributed by atoms with Crippen LogP contribution in [0.25, 0.3) is 0 Å². The molecule has 1 aromatic rings. The van der Waals surface area contributed by atoms with Crippen LogP contribution >= 0.6 is 0 Å². The average molecular weight is 257 g/mol. The predicted molar refractivity (Wildman–Crippen MR) is 62.5 cm³/mol. The zero-order chi connectivity index (χ0) is 12.5. The van der Waals surface area contributed by atoms with Crippen LogP contribution < -0.4 is 9.46 Å². The molecule has 6 heteroatoms. The summed E-state index contributed by atoms with van der Waals surface area (Å²) in [5.74, 6) is 0.749. The van der Waals surface area contributed by atoms with Crippen LogP contribution in [0.5, 0.6) is 5.75 Å². The van der Waals surface area contributed by atoms with Crippen LogP contribution in [0.1, 0.15) is 12.5 Å². The van der Waals surface area contributed by atoms with Crippen LogP contribution in [0.15, 0.2) is 23.1 Å². The third-order valence-corrected chi connectivity index (χ3v) is 4.19. The summed E-state index contributed by atoms with van der Waals surface area (Å²) in [7, 11) is -3.56. The number of benzene rings is 1. The van der Waals surface area contributed by atoms with Gasteiger partial charge in [-0.1, -0.05) is 0 Å². The molecule has 0 spiro atoms. The third-order valence-electron chi connectivity index (χ3n) is 2.60. The summed E-state index contributed by atoms with van der Waals surface area (Å²) in [4.78, 5) is 0.210. The second-order valence-electron chi connectivity index (χ2n) is 4.07. The number of nitrogens with one attached hydrogen (secondary N) is 1. The largest absolute Gasteiger partial charge is 0.493 e. The molecule has 2 rings (SSSR count). The van der Waals surface area contributed by atoms with E-state index in [2.05, 4.69) is 4.72 Å². The number of rotatable bonds is 4. The molecule has 1 aliphatic rings. The van der Waals surface area contributed by atoms with Crippen molar-refractivity contribution in [2.45, 2.75) is 24.3 Å². The molecule has 0 bridgehead atoms. The van der Waals surface area contributed by atoms with E-state index >= 15 is 0 Å². The molecule has 1 atom stereocenters. The average Bonchev–Trinajstić information content (AvgIpc) is 2.75. The van der Waals surface area contributed by atoms with Crippen LogP contribution in [0.4, 0.5) is 0 Å². The number of fused-ring (bicyclic) bond motifs is 1. The van der Waals surface area contributed by atoms with E-state index in [9.17, 15) is 8.42 Å². The molecule has 17 heavy (non-hydrogen) atoms. The molecule has 5 nitrogen and oxygen atoms in total. The minimum Gasteiger partial charge on any atom is -0.493 e. The Labute approximate surface area is 100 Å². The quantitative estimate of drug-likeness (QED) is 0.812. The van der Waals surface area contributed by atoms with Gasteiger partial charge in [0.2, 0.25) is 10.0 Å². The maximum Gasteiger partial charge on any atom is 0.240 e. The molecule has 0 saturated heterocycles. The standard InChI is InChI=1S/C11H15NO4S/c1-8(7-13)12-17(14,15)10-2-3-11-9(6-10)4-5-16-11/h2-3,6,8,12-13H,4-5,7H2,1H3. The molecule has 1 aromatic carbocycles. The maximum atomic E-state index is 11.9. The number of hydrogen-bond donors (Lipinski definition) is 2. The first-order valence-corrected chi connectivity index (χ1v) is 6.90. The molecule has 1 unspecified atom stereocenters. The molecular weight excluding hydrogens is 242 g/mol. The lowest BCUT2D eigenvalue weighted by Crippen LogP contribution is -2.35. The summed E-state index contributed by atoms with van der Waals surface area (Å²) >= 11 is 0. The van der Waals surface area contributed by atoms with Gasteiger partial charge in [-0.25, -0.2) is 13.1 Å². The summed E-state index contributed by atoms with van der Waals surface area (Å²) in [5.41, 5.74) is 0.907. The monoisotopic (exact) mass is 257 g/mol. The molecule has 0 saturated carbocycles. The fraction of sp³-hybridized carbons (Fsp3) is 0.455. The van der Waals surface area contributed by atoms with Crippen molar-refractivity contribution < 1.29 is 18.3 Å². The molecule has 1 heterocycles. The second kappa shape index (κ2) is 4.64. The maximum absolute atomic E-state index is 11.9. The van der Waals surface area contributed by atoms with E-state index in [0.29, 0.717) is 6.61 Å². The molecule has 0 aromatic heterocycles. The Morgan fingerprint density at radius 3 is 3.00 bits per heavy atom. The molecule has 94 valence electrons. The first-order valence-electron chi connectivity index (χ1n) is 5.42. The van der Waals surface area contributed by atoms with Crippen molar-refractivity contribution in [3.8, 4) is 5.75 Å². The lowest BCUT2D eigenvalue weighted by Gasteiger charge is -2.12. The van der Waals surface area contributed by atoms with Crippen LogP contribution in [-0.4, -0.2) is 32.8 Å². The Balaban J connectivity index is 2.28. The van der Waals surface area contributed by atoms with Gasteiger partial charge in [-0.3, -0.25) is 0 Å². The Bertz CT molecular complexity index is 512. The highest BCUT2D eigenvalue weighted by Gasteiger charge is 2.20. The molecular formula is C11H15NO4S. The Kier molecular flexibility index (Phi) is 3.37.